The molecule has 0 aliphatic carbocycles. The molecule has 186 valence electrons. The first-order chi connectivity index (χ1) is 18.1. The van der Waals surface area contributed by atoms with Gasteiger partial charge in [0.15, 0.2) is 0 Å². The number of hydrogen-bond acceptors (Lipinski definition) is 7. The van der Waals surface area contributed by atoms with Crippen molar-refractivity contribution in [2.24, 2.45) is 0 Å². The number of nitrogens with one attached hydrogen (secondary N) is 1. The number of benzene rings is 3. The number of halogens is 1. The summed E-state index contributed by atoms with van der Waals surface area (Å²) in [5, 5.41) is 4.86. The fourth-order valence-electron chi connectivity index (χ4n) is 3.85. The van der Waals surface area contributed by atoms with E-state index in [-0.39, 0.29) is 5.97 Å². The average Bonchev–Trinajstić information content (AvgIpc) is 3.27. The van der Waals surface area contributed by atoms with E-state index in [0.29, 0.717) is 35.4 Å². The maximum atomic E-state index is 12.8. The van der Waals surface area contributed by atoms with Gasteiger partial charge in [-0.05, 0) is 60.0 Å². The molecule has 0 aliphatic heterocycles. The fourth-order valence-corrected chi connectivity index (χ4v) is 5.02. The second kappa shape index (κ2) is 11.4. The smallest absolute Gasteiger partial charge is 0.348 e. The minimum absolute atomic E-state index is 0.319. The number of aryl methyl sites for hydroxylation is 1. The van der Waals surface area contributed by atoms with Crippen molar-refractivity contribution in [3.63, 3.8) is 0 Å². The Morgan fingerprint density at radius 2 is 1.70 bits per heavy atom. The average molecular weight is 530 g/mol. The third-order valence-electron chi connectivity index (χ3n) is 5.81. The molecule has 2 aromatic heterocycles. The molecular formula is C29H24ClN3O3S. The lowest BCUT2D eigenvalue weighted by Gasteiger charge is -2.10. The van der Waals surface area contributed by atoms with E-state index in [0.717, 1.165) is 38.3 Å². The van der Waals surface area contributed by atoms with Gasteiger partial charge in [0, 0.05) is 17.1 Å². The van der Waals surface area contributed by atoms with Crippen LogP contribution in [0.15, 0.2) is 85.2 Å². The highest BCUT2D eigenvalue weighted by Gasteiger charge is 2.20. The normalized spacial score (nSPS) is 10.9. The molecule has 0 bridgehead atoms. The number of hydrogen-bond donors (Lipinski definition) is 1. The molecule has 1 N–H and O–H groups in total. The van der Waals surface area contributed by atoms with Crippen molar-refractivity contribution in [2.75, 3.05) is 11.9 Å². The Kier molecular flexibility index (Phi) is 7.63. The van der Waals surface area contributed by atoms with E-state index in [4.69, 9.17) is 21.1 Å². The minimum atomic E-state index is -0.343. The molecule has 0 fully saturated rings. The van der Waals surface area contributed by atoms with Gasteiger partial charge >= 0.3 is 5.97 Å². The van der Waals surface area contributed by atoms with Gasteiger partial charge in [-0.3, -0.25) is 0 Å². The number of fused-ring (bicyclic) bond motifs is 1. The lowest BCUT2D eigenvalue weighted by molar-refractivity contribution is 0.0514. The number of anilines is 2. The maximum Gasteiger partial charge on any atom is 0.348 e. The van der Waals surface area contributed by atoms with Crippen LogP contribution in [0.1, 0.15) is 26.4 Å². The first-order valence-corrected chi connectivity index (χ1v) is 13.0. The fraction of sp³-hybridized carbons (Fsp3) is 0.138. The monoisotopic (exact) mass is 529 g/mol. The van der Waals surface area contributed by atoms with Gasteiger partial charge in [0.25, 0.3) is 0 Å². The number of thiophene rings is 1. The molecule has 0 radical (unpaired) electrons. The summed E-state index contributed by atoms with van der Waals surface area (Å²) in [6, 6.07) is 25.2. The van der Waals surface area contributed by atoms with E-state index in [2.05, 4.69) is 15.3 Å². The van der Waals surface area contributed by atoms with Crippen LogP contribution in [0.5, 0.6) is 5.75 Å². The molecule has 0 spiro atoms. The Balaban J connectivity index is 1.25. The van der Waals surface area contributed by atoms with Crippen LogP contribution >= 0.6 is 22.9 Å². The summed E-state index contributed by atoms with van der Waals surface area (Å²) in [6.07, 6.45) is 2.16. The second-order valence-electron chi connectivity index (χ2n) is 8.39. The summed E-state index contributed by atoms with van der Waals surface area (Å²) in [6.45, 7) is 2.67. The number of carbonyl (C=O) groups is 1. The van der Waals surface area contributed by atoms with Crippen LogP contribution < -0.4 is 10.1 Å². The number of ether oxygens (including phenoxy) is 2. The standard InChI is InChI=1S/C29H24ClN3O3S/c1-19-25-27(33-23-11-13-24(14-12-23)36-17-21-7-9-22(30)10-8-21)31-18-32-28(25)37-26(19)29(34)35-16-15-20-5-3-2-4-6-20/h2-14,18H,15-17H2,1H3,(H,31,32,33). The topological polar surface area (TPSA) is 73.3 Å². The van der Waals surface area contributed by atoms with Gasteiger partial charge in [-0.25, -0.2) is 14.8 Å². The molecular weight excluding hydrogens is 506 g/mol. The Morgan fingerprint density at radius 1 is 0.946 bits per heavy atom. The third kappa shape index (κ3) is 6.07. The van der Waals surface area contributed by atoms with Crippen molar-refractivity contribution in [2.45, 2.75) is 20.0 Å². The summed E-state index contributed by atoms with van der Waals surface area (Å²) in [5.74, 6) is 1.04. The molecule has 3 aromatic carbocycles. The van der Waals surface area contributed by atoms with Crippen molar-refractivity contribution < 1.29 is 14.3 Å². The summed E-state index contributed by atoms with van der Waals surface area (Å²) in [7, 11) is 0. The van der Waals surface area contributed by atoms with Crippen molar-refractivity contribution >= 4 is 50.6 Å². The highest BCUT2D eigenvalue weighted by molar-refractivity contribution is 7.20. The number of rotatable bonds is 9. The molecule has 0 amide bonds. The van der Waals surface area contributed by atoms with E-state index < -0.39 is 0 Å². The van der Waals surface area contributed by atoms with Crippen LogP contribution in [0.4, 0.5) is 11.5 Å². The van der Waals surface area contributed by atoms with Crippen molar-refractivity contribution in [1.29, 1.82) is 0 Å². The highest BCUT2D eigenvalue weighted by Crippen LogP contribution is 2.35. The van der Waals surface area contributed by atoms with Crippen LogP contribution in [0.2, 0.25) is 5.02 Å². The summed E-state index contributed by atoms with van der Waals surface area (Å²) < 4.78 is 11.4. The van der Waals surface area contributed by atoms with Gasteiger partial charge in [0.05, 0.1) is 12.0 Å². The van der Waals surface area contributed by atoms with Crippen LogP contribution in [-0.4, -0.2) is 22.5 Å². The Morgan fingerprint density at radius 3 is 2.46 bits per heavy atom. The Hall–Kier alpha value is -3.94. The van der Waals surface area contributed by atoms with Crippen molar-refractivity contribution in [1.82, 2.24) is 9.97 Å². The van der Waals surface area contributed by atoms with E-state index in [1.807, 2.05) is 85.8 Å². The molecule has 37 heavy (non-hydrogen) atoms. The van der Waals surface area contributed by atoms with Gasteiger partial charge in [-0.15, -0.1) is 11.3 Å². The SMILES string of the molecule is Cc1c(C(=O)OCCc2ccccc2)sc2ncnc(Nc3ccc(OCc4ccc(Cl)cc4)cc3)c12. The molecule has 0 aliphatic rings. The van der Waals surface area contributed by atoms with Crippen LogP contribution in [-0.2, 0) is 17.8 Å². The van der Waals surface area contributed by atoms with Gasteiger partial charge in [0.1, 0.15) is 34.2 Å². The number of aromatic nitrogens is 2. The Labute approximate surface area is 223 Å². The van der Waals surface area contributed by atoms with E-state index in [1.165, 1.54) is 17.7 Å². The van der Waals surface area contributed by atoms with Gasteiger partial charge < -0.3 is 14.8 Å². The molecule has 2 heterocycles. The zero-order valence-corrected chi connectivity index (χ0v) is 21.7. The summed E-state index contributed by atoms with van der Waals surface area (Å²) >= 11 is 7.25. The molecule has 0 saturated carbocycles. The third-order valence-corrected chi connectivity index (χ3v) is 7.25. The van der Waals surface area contributed by atoms with Crippen molar-refractivity contribution in [3.8, 4) is 5.75 Å². The van der Waals surface area contributed by atoms with E-state index >= 15 is 0 Å². The first-order valence-electron chi connectivity index (χ1n) is 11.8. The number of carbonyl (C=O) groups excluding carboxylic acids is 1. The maximum absolute atomic E-state index is 12.8. The van der Waals surface area contributed by atoms with E-state index in [9.17, 15) is 4.79 Å². The lowest BCUT2D eigenvalue weighted by atomic mass is 10.2. The van der Waals surface area contributed by atoms with Crippen LogP contribution in [0, 0.1) is 6.92 Å². The van der Waals surface area contributed by atoms with Crippen LogP contribution in [0.3, 0.4) is 0 Å². The predicted octanol–water partition coefficient (Wildman–Crippen LogP) is 7.38. The largest absolute Gasteiger partial charge is 0.489 e. The molecule has 6 nitrogen and oxygen atoms in total. The zero-order chi connectivity index (χ0) is 25.6. The quantitative estimate of drug-likeness (QED) is 0.201. The molecule has 5 rings (SSSR count). The first kappa shape index (κ1) is 24.7. The van der Waals surface area contributed by atoms with Crippen molar-refractivity contribution in [3.05, 3.63) is 112 Å². The predicted molar refractivity (Wildman–Crippen MR) is 148 cm³/mol. The van der Waals surface area contributed by atoms with Gasteiger partial charge in [0.2, 0.25) is 0 Å². The summed E-state index contributed by atoms with van der Waals surface area (Å²) in [5.41, 5.74) is 3.81. The number of nitrogens with zero attached hydrogens (tertiary/aromatic N) is 2. The molecule has 5 aromatic rings. The number of esters is 1. The molecule has 0 unspecified atom stereocenters. The lowest BCUT2D eigenvalue weighted by Crippen LogP contribution is -2.07. The molecule has 0 atom stereocenters. The van der Waals surface area contributed by atoms with Gasteiger partial charge in [-0.1, -0.05) is 54.1 Å². The second-order valence-corrected chi connectivity index (χ2v) is 9.83. The minimum Gasteiger partial charge on any atom is -0.489 e. The van der Waals surface area contributed by atoms with Gasteiger partial charge in [-0.2, -0.15) is 0 Å². The zero-order valence-electron chi connectivity index (χ0n) is 20.1. The molecule has 8 heteroatoms. The molecule has 0 saturated heterocycles. The summed E-state index contributed by atoms with van der Waals surface area (Å²) in [4.78, 5) is 22.9. The van der Waals surface area contributed by atoms with Crippen LogP contribution in [0.25, 0.3) is 10.2 Å². The Bertz CT molecular complexity index is 1500. The van der Waals surface area contributed by atoms with E-state index in [1.54, 1.807) is 0 Å². The highest BCUT2D eigenvalue weighted by atomic mass is 35.5.